The van der Waals surface area contributed by atoms with E-state index in [0.717, 1.165) is 12.3 Å². The Morgan fingerprint density at radius 2 is 1.77 bits per heavy atom. The van der Waals surface area contributed by atoms with Crippen LogP contribution >= 0.6 is 0 Å². The highest BCUT2D eigenvalue weighted by Gasteiger charge is 2.14. The highest BCUT2D eigenvalue weighted by Crippen LogP contribution is 2.16. The lowest BCUT2D eigenvalue weighted by Gasteiger charge is -2.30. The monoisotopic (exact) mass is 422 g/mol. The van der Waals surface area contributed by atoms with E-state index in [4.69, 9.17) is 0 Å². The fourth-order valence-corrected chi connectivity index (χ4v) is 4.08. The molecule has 170 valence electrons. The molecule has 0 aromatic heterocycles. The first-order valence-electron chi connectivity index (χ1n) is 12.0. The molecule has 1 heterocycles. The first kappa shape index (κ1) is 25.1. The minimum atomic E-state index is 0.0188. The quantitative estimate of drug-likeness (QED) is 0.607. The van der Waals surface area contributed by atoms with E-state index in [1.165, 1.54) is 80.1 Å². The van der Waals surface area contributed by atoms with Crippen LogP contribution < -0.4 is 5.32 Å². The van der Waals surface area contributed by atoms with Crippen molar-refractivity contribution in [3.63, 3.8) is 0 Å². The first-order valence-corrected chi connectivity index (χ1v) is 12.0. The molecule has 1 N–H and O–H groups in total. The van der Waals surface area contributed by atoms with E-state index < -0.39 is 0 Å². The highest BCUT2D eigenvalue weighted by molar-refractivity contribution is 5.72. The molecule has 1 saturated heterocycles. The van der Waals surface area contributed by atoms with Crippen LogP contribution in [-0.4, -0.2) is 30.4 Å². The van der Waals surface area contributed by atoms with Crippen LogP contribution in [-0.2, 0) is 24.2 Å². The van der Waals surface area contributed by atoms with Crippen LogP contribution in [0.2, 0.25) is 0 Å². The molecule has 0 bridgehead atoms. The lowest BCUT2D eigenvalue weighted by Crippen LogP contribution is -2.34. The van der Waals surface area contributed by atoms with E-state index in [1.54, 1.807) is 0 Å². The Kier molecular flexibility index (Phi) is 10.8. The van der Waals surface area contributed by atoms with Crippen molar-refractivity contribution >= 4 is 5.91 Å². The molecule has 1 aliphatic rings. The summed E-state index contributed by atoms with van der Waals surface area (Å²) in [5, 5.41) is 2.80. The van der Waals surface area contributed by atoms with Crippen molar-refractivity contribution in [2.45, 2.75) is 73.3 Å². The molecule has 3 heteroatoms. The van der Waals surface area contributed by atoms with Gasteiger partial charge in [0.25, 0.3) is 0 Å². The smallest absolute Gasteiger partial charge is 0.217 e. The van der Waals surface area contributed by atoms with E-state index in [0.29, 0.717) is 6.54 Å². The number of benzene rings is 2. The molecule has 1 amide bonds. The summed E-state index contributed by atoms with van der Waals surface area (Å²) in [5.74, 6) is 0.959. The van der Waals surface area contributed by atoms with Gasteiger partial charge in [0.05, 0.1) is 0 Å². The second-order valence-electron chi connectivity index (χ2n) is 9.18. The Labute approximate surface area is 190 Å². The standard InChI is InChI=1S/C15H23N.C13H19NO/c1-13-6-9-16(10-7-13)11-8-15-5-3-4-14(2)12-15;1-4-5-13-7-6-12(8-10(13)2)9-14-11(3)15/h3-5,12-13H,6-11H2,1-2H3;6-8H,4-5,9H2,1-3H3,(H,14,15). The minimum absolute atomic E-state index is 0.0188. The average Bonchev–Trinajstić information content (AvgIpc) is 2.74. The number of nitrogens with zero attached hydrogens (tertiary/aromatic N) is 1. The van der Waals surface area contributed by atoms with Gasteiger partial charge in [-0.05, 0) is 80.8 Å². The number of hydrogen-bond acceptors (Lipinski definition) is 2. The predicted molar refractivity (Wildman–Crippen MR) is 132 cm³/mol. The molecular weight excluding hydrogens is 380 g/mol. The summed E-state index contributed by atoms with van der Waals surface area (Å²) in [6, 6.07) is 15.3. The van der Waals surface area contributed by atoms with Gasteiger partial charge in [-0.25, -0.2) is 0 Å². The highest BCUT2D eigenvalue weighted by atomic mass is 16.1. The Bertz CT molecular complexity index is 806. The average molecular weight is 423 g/mol. The number of rotatable bonds is 7. The van der Waals surface area contributed by atoms with Gasteiger partial charge in [0.15, 0.2) is 0 Å². The Morgan fingerprint density at radius 1 is 1.03 bits per heavy atom. The summed E-state index contributed by atoms with van der Waals surface area (Å²) >= 11 is 0. The fraction of sp³-hybridized carbons (Fsp3) is 0.536. The summed E-state index contributed by atoms with van der Waals surface area (Å²) in [5.41, 5.74) is 6.76. The van der Waals surface area contributed by atoms with Gasteiger partial charge in [0.1, 0.15) is 0 Å². The summed E-state index contributed by atoms with van der Waals surface area (Å²) in [6.45, 7) is 14.9. The summed E-state index contributed by atoms with van der Waals surface area (Å²) in [7, 11) is 0. The van der Waals surface area contributed by atoms with E-state index in [9.17, 15) is 4.79 Å². The fourth-order valence-electron chi connectivity index (χ4n) is 4.08. The second-order valence-corrected chi connectivity index (χ2v) is 9.18. The number of amides is 1. The number of hydrogen-bond donors (Lipinski definition) is 1. The van der Waals surface area contributed by atoms with Gasteiger partial charge in [-0.3, -0.25) is 4.79 Å². The first-order chi connectivity index (χ1) is 14.9. The molecular formula is C28H42N2O. The zero-order chi connectivity index (χ0) is 22.6. The van der Waals surface area contributed by atoms with E-state index >= 15 is 0 Å². The number of carbonyl (C=O) groups is 1. The maximum Gasteiger partial charge on any atom is 0.217 e. The Hall–Kier alpha value is -2.13. The second kappa shape index (κ2) is 13.3. The predicted octanol–water partition coefficient (Wildman–Crippen LogP) is 5.85. The Balaban J connectivity index is 0.000000221. The lowest BCUT2D eigenvalue weighted by molar-refractivity contribution is -0.119. The van der Waals surface area contributed by atoms with Crippen LogP contribution in [0.15, 0.2) is 42.5 Å². The van der Waals surface area contributed by atoms with Gasteiger partial charge in [0.2, 0.25) is 5.91 Å². The molecule has 0 spiro atoms. The molecule has 1 fully saturated rings. The maximum atomic E-state index is 10.8. The summed E-state index contributed by atoms with van der Waals surface area (Å²) in [6.07, 6.45) is 6.27. The lowest BCUT2D eigenvalue weighted by atomic mass is 9.99. The van der Waals surface area contributed by atoms with E-state index in [2.05, 4.69) is 80.4 Å². The van der Waals surface area contributed by atoms with Crippen molar-refractivity contribution < 1.29 is 4.79 Å². The van der Waals surface area contributed by atoms with Gasteiger partial charge < -0.3 is 10.2 Å². The molecule has 2 aromatic rings. The molecule has 0 radical (unpaired) electrons. The molecule has 3 rings (SSSR count). The summed E-state index contributed by atoms with van der Waals surface area (Å²) < 4.78 is 0. The van der Waals surface area contributed by atoms with Crippen molar-refractivity contribution in [3.8, 4) is 0 Å². The molecule has 3 nitrogen and oxygen atoms in total. The number of carbonyl (C=O) groups excluding carboxylic acids is 1. The zero-order valence-electron chi connectivity index (χ0n) is 20.3. The minimum Gasteiger partial charge on any atom is -0.352 e. The van der Waals surface area contributed by atoms with Crippen molar-refractivity contribution in [1.29, 1.82) is 0 Å². The topological polar surface area (TPSA) is 32.3 Å². The normalized spacial score (nSPS) is 14.6. The molecule has 0 aliphatic carbocycles. The Morgan fingerprint density at radius 3 is 2.39 bits per heavy atom. The van der Waals surface area contributed by atoms with Crippen molar-refractivity contribution in [2.24, 2.45) is 5.92 Å². The van der Waals surface area contributed by atoms with Crippen LogP contribution in [0.4, 0.5) is 0 Å². The van der Waals surface area contributed by atoms with Gasteiger partial charge in [0, 0.05) is 20.0 Å². The summed E-state index contributed by atoms with van der Waals surface area (Å²) in [4.78, 5) is 13.4. The number of piperidine rings is 1. The van der Waals surface area contributed by atoms with Crippen molar-refractivity contribution in [1.82, 2.24) is 10.2 Å². The molecule has 0 atom stereocenters. The zero-order valence-corrected chi connectivity index (χ0v) is 20.3. The number of likely N-dealkylation sites (tertiary alicyclic amines) is 1. The van der Waals surface area contributed by atoms with Gasteiger partial charge in [-0.15, -0.1) is 0 Å². The van der Waals surface area contributed by atoms with Crippen molar-refractivity contribution in [2.75, 3.05) is 19.6 Å². The number of nitrogens with one attached hydrogen (secondary N) is 1. The molecule has 31 heavy (non-hydrogen) atoms. The van der Waals surface area contributed by atoms with E-state index in [-0.39, 0.29) is 5.91 Å². The maximum absolute atomic E-state index is 10.8. The third-order valence-electron chi connectivity index (χ3n) is 6.14. The SMILES string of the molecule is CCCc1ccc(CNC(C)=O)cc1C.Cc1cccc(CCN2CCC(C)CC2)c1. The van der Waals surface area contributed by atoms with Crippen molar-refractivity contribution in [3.05, 3.63) is 70.3 Å². The third kappa shape index (κ3) is 9.69. The van der Waals surface area contributed by atoms with Crippen LogP contribution in [0.3, 0.4) is 0 Å². The molecule has 2 aromatic carbocycles. The van der Waals surface area contributed by atoms with E-state index in [1.807, 2.05) is 0 Å². The van der Waals surface area contributed by atoms with Gasteiger partial charge in [-0.1, -0.05) is 68.3 Å². The molecule has 1 aliphatic heterocycles. The molecule has 0 saturated carbocycles. The largest absolute Gasteiger partial charge is 0.352 e. The molecule has 0 unspecified atom stereocenters. The van der Waals surface area contributed by atoms with Crippen LogP contribution in [0.25, 0.3) is 0 Å². The van der Waals surface area contributed by atoms with Gasteiger partial charge >= 0.3 is 0 Å². The van der Waals surface area contributed by atoms with Crippen LogP contribution in [0.1, 0.15) is 67.9 Å². The van der Waals surface area contributed by atoms with Crippen LogP contribution in [0, 0.1) is 19.8 Å². The number of aryl methyl sites for hydroxylation is 3. The van der Waals surface area contributed by atoms with Gasteiger partial charge in [-0.2, -0.15) is 0 Å². The van der Waals surface area contributed by atoms with Crippen LogP contribution in [0.5, 0.6) is 0 Å². The third-order valence-corrected chi connectivity index (χ3v) is 6.14.